The Morgan fingerprint density at radius 2 is 1.93 bits per heavy atom. The molecule has 3 rings (SSSR count). The van der Waals surface area contributed by atoms with Crippen molar-refractivity contribution in [1.29, 1.82) is 0 Å². The van der Waals surface area contributed by atoms with Crippen LogP contribution >= 0.6 is 23.4 Å². The lowest BCUT2D eigenvalue weighted by molar-refractivity contribution is -0.101. The molecule has 0 aliphatic heterocycles. The van der Waals surface area contributed by atoms with E-state index in [4.69, 9.17) is 26.8 Å². The molecule has 0 fully saturated rings. The smallest absolute Gasteiger partial charge is 0.248 e. The molecular formula is C33H39ClNO4S+. The van der Waals surface area contributed by atoms with E-state index in [9.17, 15) is 9.90 Å². The molecule has 1 amide bonds. The number of aliphatic hydroxyl groups is 1. The number of amides is 1. The van der Waals surface area contributed by atoms with Gasteiger partial charge in [0.1, 0.15) is 23.4 Å². The topological polar surface area (TPSA) is 81.8 Å². The number of rotatable bonds is 15. The molecule has 0 aliphatic carbocycles. The second kappa shape index (κ2) is 14.6. The number of carbonyl (C=O) groups is 1. The molecule has 4 unspecified atom stereocenters. The van der Waals surface area contributed by atoms with Gasteiger partial charge in [-0.2, -0.15) is 0 Å². The van der Waals surface area contributed by atoms with Crippen LogP contribution < -0.4 is 10.5 Å². The lowest BCUT2D eigenvalue weighted by Gasteiger charge is -2.33. The summed E-state index contributed by atoms with van der Waals surface area (Å²) in [5.41, 5.74) is 8.03. The molecule has 0 saturated carbocycles. The molecular weight excluding hydrogens is 542 g/mol. The van der Waals surface area contributed by atoms with Crippen molar-refractivity contribution < 1.29 is 19.4 Å². The van der Waals surface area contributed by atoms with E-state index in [-0.39, 0.29) is 6.10 Å². The molecule has 212 valence electrons. The van der Waals surface area contributed by atoms with Gasteiger partial charge in [-0.1, -0.05) is 48.0 Å². The number of halogens is 1. The van der Waals surface area contributed by atoms with E-state index in [0.29, 0.717) is 35.8 Å². The molecule has 40 heavy (non-hydrogen) atoms. The third kappa shape index (κ3) is 8.80. The van der Waals surface area contributed by atoms with Crippen LogP contribution in [0.4, 0.5) is 0 Å². The predicted octanol–water partition coefficient (Wildman–Crippen LogP) is 7.44. The highest BCUT2D eigenvalue weighted by atomic mass is 35.5. The molecule has 0 radical (unpaired) electrons. The van der Waals surface area contributed by atoms with E-state index < -0.39 is 23.5 Å². The first kappa shape index (κ1) is 31.6. The Hall–Kier alpha value is -2.90. The Bertz CT molecular complexity index is 1280. The van der Waals surface area contributed by atoms with Crippen molar-refractivity contribution >= 4 is 29.3 Å². The summed E-state index contributed by atoms with van der Waals surface area (Å²) in [5.74, 6) is 0.969. The van der Waals surface area contributed by atoms with E-state index in [2.05, 4.69) is 13.5 Å². The molecule has 4 atom stereocenters. The van der Waals surface area contributed by atoms with Gasteiger partial charge < -0.3 is 20.3 Å². The Labute approximate surface area is 247 Å². The first-order valence-electron chi connectivity index (χ1n) is 13.4. The number of nitrogens with two attached hydrogens (primary N) is 1. The lowest BCUT2D eigenvalue weighted by Crippen LogP contribution is -2.37. The van der Waals surface area contributed by atoms with Gasteiger partial charge in [0, 0.05) is 27.7 Å². The summed E-state index contributed by atoms with van der Waals surface area (Å²) in [5, 5.41) is 12.2. The van der Waals surface area contributed by atoms with Crippen molar-refractivity contribution in [2.45, 2.75) is 56.8 Å². The fourth-order valence-electron chi connectivity index (χ4n) is 4.39. The quantitative estimate of drug-likeness (QED) is 0.111. The number of allylic oxidation sites excluding steroid dienone is 1. The summed E-state index contributed by atoms with van der Waals surface area (Å²) >= 11 is 8.18. The zero-order valence-electron chi connectivity index (χ0n) is 23.4. The molecule has 3 aromatic rings. The Kier molecular flexibility index (Phi) is 11.6. The lowest BCUT2D eigenvalue weighted by atomic mass is 9.78. The van der Waals surface area contributed by atoms with Gasteiger partial charge in [0.15, 0.2) is 0 Å². The standard InChI is InChI=1S/C33H38ClNO4S/c1-6-17-33(4,5)31(36)30(39-22(3)21-40-28-10-8-9-25(20-28)32(35)37)24-13-16-29(34)26(19-24)18-23-11-14-27(15-12-23)38-7-2/h6,8-16,19-20,22,30-31,36H,1,4,7,17-18,21H2,2-3,5H3,(H-,35,37)/p+1. The van der Waals surface area contributed by atoms with Crippen LogP contribution in [0.25, 0.3) is 0 Å². The van der Waals surface area contributed by atoms with Gasteiger partial charge in [0.25, 0.3) is 0 Å². The van der Waals surface area contributed by atoms with Crippen LogP contribution in [0.1, 0.15) is 60.3 Å². The van der Waals surface area contributed by atoms with Crippen molar-refractivity contribution in [3.05, 3.63) is 114 Å². The maximum Gasteiger partial charge on any atom is 0.248 e. The van der Waals surface area contributed by atoms with Gasteiger partial charge in [-0.05, 0) is 80.3 Å². The number of hydrogen-bond donors (Lipinski definition) is 2. The number of carbonyl (C=O) groups excluding carboxylic acids is 1. The molecule has 7 heteroatoms. The van der Waals surface area contributed by atoms with Crippen molar-refractivity contribution in [3.63, 3.8) is 0 Å². The van der Waals surface area contributed by atoms with Crippen LogP contribution in [0, 0.1) is 12.3 Å². The number of aliphatic hydroxyl groups excluding tert-OH is 1. The van der Waals surface area contributed by atoms with Gasteiger partial charge in [0.05, 0.1) is 19.6 Å². The summed E-state index contributed by atoms with van der Waals surface area (Å²) in [7, 11) is 0. The Morgan fingerprint density at radius 3 is 2.58 bits per heavy atom. The minimum Gasteiger partial charge on any atom is -0.494 e. The normalized spacial score (nSPS) is 15.0. The Balaban J connectivity index is 1.84. The van der Waals surface area contributed by atoms with Crippen LogP contribution in [0.15, 0.2) is 84.3 Å². The molecule has 5 nitrogen and oxygen atoms in total. The van der Waals surface area contributed by atoms with Crippen LogP contribution in [0.3, 0.4) is 0 Å². The average Bonchev–Trinajstić information content (AvgIpc) is 2.93. The zero-order valence-corrected chi connectivity index (χ0v) is 25.0. The number of hydrogen-bond acceptors (Lipinski definition) is 5. The van der Waals surface area contributed by atoms with E-state index >= 15 is 0 Å². The van der Waals surface area contributed by atoms with E-state index in [0.717, 1.165) is 27.3 Å². The average molecular weight is 581 g/mol. The number of thioether (sulfide) groups is 1. The van der Waals surface area contributed by atoms with Crippen molar-refractivity contribution in [3.8, 4) is 5.75 Å². The molecule has 0 aliphatic rings. The summed E-state index contributed by atoms with van der Waals surface area (Å²) in [4.78, 5) is 12.5. The molecule has 0 saturated heterocycles. The van der Waals surface area contributed by atoms with E-state index in [1.807, 2.05) is 75.4 Å². The van der Waals surface area contributed by atoms with E-state index in [1.54, 1.807) is 30.0 Å². The van der Waals surface area contributed by atoms with Crippen LogP contribution in [-0.2, 0) is 11.2 Å². The minimum atomic E-state index is -0.907. The highest BCUT2D eigenvalue weighted by Crippen LogP contribution is 2.38. The fraction of sp³-hybridized carbons (Fsp3) is 0.333. The van der Waals surface area contributed by atoms with Gasteiger partial charge in [-0.25, -0.2) is 0 Å². The number of ether oxygens (including phenoxy) is 2. The second-order valence-corrected chi connectivity index (χ2v) is 11.8. The summed E-state index contributed by atoms with van der Waals surface area (Å²) in [6.45, 7) is 14.6. The maximum atomic E-state index is 11.6. The molecule has 0 bridgehead atoms. The molecule has 3 N–H and O–H groups in total. The second-order valence-electron chi connectivity index (χ2n) is 10.3. The summed E-state index contributed by atoms with van der Waals surface area (Å²) in [6.07, 6.45) is 1.12. The maximum absolute atomic E-state index is 11.6. The zero-order chi connectivity index (χ0) is 29.3. The van der Waals surface area contributed by atoms with Crippen molar-refractivity contribution in [2.24, 2.45) is 11.1 Å². The van der Waals surface area contributed by atoms with E-state index in [1.165, 1.54) is 0 Å². The first-order chi connectivity index (χ1) is 19.0. The monoisotopic (exact) mass is 580 g/mol. The van der Waals surface area contributed by atoms with Crippen molar-refractivity contribution in [1.82, 2.24) is 0 Å². The number of primary amides is 1. The summed E-state index contributed by atoms with van der Waals surface area (Å²) < 4.78 is 12.1. The molecule has 3 aromatic carbocycles. The minimum absolute atomic E-state index is 0.230. The van der Waals surface area contributed by atoms with Crippen LogP contribution in [-0.4, -0.2) is 35.6 Å². The van der Waals surface area contributed by atoms with Crippen LogP contribution in [0.5, 0.6) is 5.75 Å². The molecule has 0 spiro atoms. The Morgan fingerprint density at radius 1 is 1.20 bits per heavy atom. The summed E-state index contributed by atoms with van der Waals surface area (Å²) in [6, 6.07) is 20.9. The van der Waals surface area contributed by atoms with Gasteiger partial charge in [-0.3, -0.25) is 4.79 Å². The predicted molar refractivity (Wildman–Crippen MR) is 165 cm³/mol. The SMILES string of the molecule is C=CCC([CH2+])(C)C(O)C(OC(C)CSc1cccc(C(N)=O)c1)c1ccc(Cl)c(Cc2ccc(OCC)cc2)c1. The highest BCUT2D eigenvalue weighted by Gasteiger charge is 2.41. The largest absolute Gasteiger partial charge is 0.494 e. The van der Waals surface area contributed by atoms with Gasteiger partial charge in [-0.15, -0.1) is 18.3 Å². The highest BCUT2D eigenvalue weighted by molar-refractivity contribution is 7.99. The fourth-order valence-corrected chi connectivity index (χ4v) is 5.47. The van der Waals surface area contributed by atoms with Gasteiger partial charge in [0.2, 0.25) is 5.91 Å². The van der Waals surface area contributed by atoms with Gasteiger partial charge >= 0.3 is 0 Å². The first-order valence-corrected chi connectivity index (χ1v) is 14.7. The third-order valence-electron chi connectivity index (χ3n) is 6.62. The molecule has 0 heterocycles. The van der Waals surface area contributed by atoms with Crippen LogP contribution in [0.2, 0.25) is 5.02 Å². The third-order valence-corrected chi connectivity index (χ3v) is 8.21. The van der Waals surface area contributed by atoms with Crippen molar-refractivity contribution in [2.75, 3.05) is 12.4 Å². The molecule has 0 aromatic heterocycles. The number of benzene rings is 3.